The van der Waals surface area contributed by atoms with E-state index in [0.717, 1.165) is 25.9 Å². The van der Waals surface area contributed by atoms with Crippen LogP contribution in [0.15, 0.2) is 0 Å². The van der Waals surface area contributed by atoms with Gasteiger partial charge in [0.1, 0.15) is 0 Å². The Morgan fingerprint density at radius 1 is 1.06 bits per heavy atom. The lowest BCUT2D eigenvalue weighted by Gasteiger charge is -2.42. The van der Waals surface area contributed by atoms with Gasteiger partial charge in [0.2, 0.25) is 0 Å². The van der Waals surface area contributed by atoms with Gasteiger partial charge in [0, 0.05) is 5.54 Å². The second kappa shape index (κ2) is 7.78. The summed E-state index contributed by atoms with van der Waals surface area (Å²) in [4.78, 5) is 14.4. The lowest BCUT2D eigenvalue weighted by Crippen LogP contribution is -2.50. The summed E-state index contributed by atoms with van der Waals surface area (Å²) in [5, 5.41) is 0. The van der Waals surface area contributed by atoms with E-state index in [-0.39, 0.29) is 11.5 Å². The molecule has 1 rings (SSSR count). The van der Waals surface area contributed by atoms with Crippen molar-refractivity contribution in [1.82, 2.24) is 4.90 Å². The van der Waals surface area contributed by atoms with Crippen molar-refractivity contribution in [2.75, 3.05) is 19.7 Å². The third-order valence-electron chi connectivity index (χ3n) is 4.25. The molecule has 1 fully saturated rings. The first-order valence-corrected chi connectivity index (χ1v) is 7.59. The highest BCUT2D eigenvalue weighted by atomic mass is 16.5. The number of hydrogen-bond acceptors (Lipinski definition) is 3. The summed E-state index contributed by atoms with van der Waals surface area (Å²) in [6.45, 7) is 8.82. The predicted molar refractivity (Wildman–Crippen MR) is 74.6 cm³/mol. The van der Waals surface area contributed by atoms with Gasteiger partial charge in [-0.3, -0.25) is 9.69 Å². The van der Waals surface area contributed by atoms with Crippen molar-refractivity contribution in [2.24, 2.45) is 0 Å². The molecule has 0 spiro atoms. The summed E-state index contributed by atoms with van der Waals surface area (Å²) in [5.74, 6) is -0.0219. The van der Waals surface area contributed by atoms with Crippen LogP contribution in [0.4, 0.5) is 0 Å². The molecule has 0 aromatic rings. The van der Waals surface area contributed by atoms with E-state index in [1.807, 2.05) is 6.92 Å². The Bertz CT molecular complexity index is 241. The molecule has 0 aliphatic heterocycles. The zero-order chi connectivity index (χ0) is 13.4. The van der Waals surface area contributed by atoms with Crippen molar-refractivity contribution < 1.29 is 9.53 Å². The van der Waals surface area contributed by atoms with Crippen LogP contribution in [0.3, 0.4) is 0 Å². The topological polar surface area (TPSA) is 29.5 Å². The Hall–Kier alpha value is -0.570. The maximum atomic E-state index is 11.9. The van der Waals surface area contributed by atoms with Crippen LogP contribution in [-0.4, -0.2) is 36.1 Å². The highest BCUT2D eigenvalue weighted by Crippen LogP contribution is 2.35. The molecule has 1 saturated carbocycles. The number of rotatable bonds is 6. The minimum Gasteiger partial charge on any atom is -0.466 e. The Labute approximate surface area is 112 Å². The van der Waals surface area contributed by atoms with Crippen molar-refractivity contribution in [2.45, 2.75) is 71.3 Å². The van der Waals surface area contributed by atoms with Crippen molar-refractivity contribution in [3.63, 3.8) is 0 Å². The summed E-state index contributed by atoms with van der Waals surface area (Å²) in [7, 11) is 0. The summed E-state index contributed by atoms with van der Waals surface area (Å²) < 4.78 is 5.18. The van der Waals surface area contributed by atoms with Gasteiger partial charge in [-0.2, -0.15) is 0 Å². The molecule has 3 nitrogen and oxygen atoms in total. The van der Waals surface area contributed by atoms with Gasteiger partial charge in [0.25, 0.3) is 0 Å². The normalized spacial score (nSPS) is 19.6. The number of hydrogen-bond donors (Lipinski definition) is 0. The van der Waals surface area contributed by atoms with Crippen LogP contribution in [0, 0.1) is 0 Å². The van der Waals surface area contributed by atoms with E-state index in [1.165, 1.54) is 25.7 Å². The van der Waals surface area contributed by atoms with Gasteiger partial charge in [-0.1, -0.05) is 39.5 Å². The maximum Gasteiger partial charge on any atom is 0.307 e. The Morgan fingerprint density at radius 3 is 2.06 bits per heavy atom. The third kappa shape index (κ3) is 3.98. The Morgan fingerprint density at radius 2 is 1.61 bits per heavy atom. The fraction of sp³-hybridized carbons (Fsp3) is 0.933. The third-order valence-corrected chi connectivity index (χ3v) is 4.25. The number of ether oxygens (including phenoxy) is 1. The molecule has 0 heterocycles. The van der Waals surface area contributed by atoms with Crippen molar-refractivity contribution >= 4 is 5.97 Å². The van der Waals surface area contributed by atoms with Gasteiger partial charge < -0.3 is 4.74 Å². The molecule has 0 saturated heterocycles. The molecular formula is C15H29NO2. The summed E-state index contributed by atoms with van der Waals surface area (Å²) in [6.07, 6.45) is 7.98. The molecule has 0 N–H and O–H groups in total. The minimum atomic E-state index is -0.0219. The fourth-order valence-corrected chi connectivity index (χ4v) is 3.37. The molecule has 0 amide bonds. The smallest absolute Gasteiger partial charge is 0.307 e. The monoisotopic (exact) mass is 255 g/mol. The maximum absolute atomic E-state index is 11.9. The van der Waals surface area contributed by atoms with E-state index in [9.17, 15) is 4.79 Å². The minimum absolute atomic E-state index is 0.0219. The molecule has 0 aromatic heterocycles. The molecule has 3 heteroatoms. The number of esters is 1. The molecule has 0 radical (unpaired) electrons. The molecule has 106 valence electrons. The van der Waals surface area contributed by atoms with Gasteiger partial charge in [0.15, 0.2) is 0 Å². The highest BCUT2D eigenvalue weighted by molar-refractivity contribution is 5.71. The van der Waals surface area contributed by atoms with E-state index in [0.29, 0.717) is 13.0 Å². The summed E-state index contributed by atoms with van der Waals surface area (Å²) in [6, 6.07) is 0. The molecule has 0 unspecified atom stereocenters. The van der Waals surface area contributed by atoms with Crippen LogP contribution in [-0.2, 0) is 9.53 Å². The first-order valence-electron chi connectivity index (χ1n) is 7.59. The predicted octanol–water partition coefficient (Wildman–Crippen LogP) is 3.37. The number of carbonyl (C=O) groups excluding carboxylic acids is 1. The van der Waals surface area contributed by atoms with E-state index in [2.05, 4.69) is 18.7 Å². The average Bonchev–Trinajstić information content (AvgIpc) is 2.57. The molecule has 18 heavy (non-hydrogen) atoms. The first kappa shape index (κ1) is 15.5. The molecule has 0 aromatic carbocycles. The zero-order valence-corrected chi connectivity index (χ0v) is 12.3. The second-order valence-corrected chi connectivity index (χ2v) is 5.29. The van der Waals surface area contributed by atoms with Crippen molar-refractivity contribution in [3.05, 3.63) is 0 Å². The van der Waals surface area contributed by atoms with E-state index >= 15 is 0 Å². The molecular weight excluding hydrogens is 226 g/mol. The molecule has 1 aliphatic carbocycles. The average molecular weight is 255 g/mol. The van der Waals surface area contributed by atoms with Crippen LogP contribution >= 0.6 is 0 Å². The second-order valence-electron chi connectivity index (χ2n) is 5.29. The summed E-state index contributed by atoms with van der Waals surface area (Å²) in [5.41, 5.74) is 0.0618. The fourth-order valence-electron chi connectivity index (χ4n) is 3.37. The van der Waals surface area contributed by atoms with Crippen molar-refractivity contribution in [3.8, 4) is 0 Å². The highest BCUT2D eigenvalue weighted by Gasteiger charge is 2.37. The van der Waals surface area contributed by atoms with E-state index in [1.54, 1.807) is 0 Å². The number of nitrogens with zero attached hydrogens (tertiary/aromatic N) is 1. The standard InChI is InChI=1S/C15H29NO2/c1-4-16(5-2)15(13-14(17)18-6-3)11-9-7-8-10-12-15/h4-13H2,1-3H3. The quantitative estimate of drug-likeness (QED) is 0.538. The van der Waals surface area contributed by atoms with Gasteiger partial charge >= 0.3 is 5.97 Å². The van der Waals surface area contributed by atoms with Crippen molar-refractivity contribution in [1.29, 1.82) is 0 Å². The SMILES string of the molecule is CCOC(=O)CC1(N(CC)CC)CCCCCC1. The largest absolute Gasteiger partial charge is 0.466 e. The van der Waals surface area contributed by atoms with Gasteiger partial charge in [0.05, 0.1) is 13.0 Å². The Balaban J connectivity index is 2.80. The molecule has 0 bridgehead atoms. The zero-order valence-electron chi connectivity index (χ0n) is 12.3. The Kier molecular flexibility index (Phi) is 6.69. The molecule has 1 aliphatic rings. The van der Waals surface area contributed by atoms with Crippen LogP contribution in [0.5, 0.6) is 0 Å². The summed E-state index contributed by atoms with van der Waals surface area (Å²) >= 11 is 0. The lowest BCUT2D eigenvalue weighted by molar-refractivity contribution is -0.147. The van der Waals surface area contributed by atoms with E-state index in [4.69, 9.17) is 4.74 Å². The lowest BCUT2D eigenvalue weighted by atomic mass is 9.84. The first-order chi connectivity index (χ1) is 8.68. The van der Waals surface area contributed by atoms with Crippen LogP contribution in [0.2, 0.25) is 0 Å². The van der Waals surface area contributed by atoms with Gasteiger partial charge in [-0.15, -0.1) is 0 Å². The molecule has 0 atom stereocenters. The van der Waals surface area contributed by atoms with Gasteiger partial charge in [-0.05, 0) is 32.9 Å². The van der Waals surface area contributed by atoms with Gasteiger partial charge in [-0.25, -0.2) is 0 Å². The van der Waals surface area contributed by atoms with Crippen LogP contribution in [0.25, 0.3) is 0 Å². The van der Waals surface area contributed by atoms with Crippen LogP contribution in [0.1, 0.15) is 65.7 Å². The van der Waals surface area contributed by atoms with Crippen LogP contribution < -0.4 is 0 Å². The number of carbonyl (C=O) groups is 1. The van der Waals surface area contributed by atoms with E-state index < -0.39 is 0 Å².